The van der Waals surface area contributed by atoms with Crippen LogP contribution in [0.4, 0.5) is 22.0 Å². The molecule has 1 N–H and O–H groups in total. The average Bonchev–Trinajstić information content (AvgIpc) is 2.54. The highest BCUT2D eigenvalue weighted by Crippen LogP contribution is 2.46. The van der Waals surface area contributed by atoms with Crippen LogP contribution in [-0.2, 0) is 22.0 Å². The molecule has 1 fully saturated rings. The van der Waals surface area contributed by atoms with Crippen LogP contribution in [0.3, 0.4) is 0 Å². The molecule has 0 heterocycles. The van der Waals surface area contributed by atoms with E-state index in [0.29, 0.717) is 18.9 Å². The molecular weight excluding hydrogens is 465 g/mol. The van der Waals surface area contributed by atoms with Gasteiger partial charge in [-0.1, -0.05) is 20.8 Å². The third-order valence-electron chi connectivity index (χ3n) is 6.39. The Morgan fingerprint density at radius 1 is 1.03 bits per heavy atom. The van der Waals surface area contributed by atoms with E-state index in [1.807, 2.05) is 0 Å². The summed E-state index contributed by atoms with van der Waals surface area (Å²) < 4.78 is 89.3. The van der Waals surface area contributed by atoms with Gasteiger partial charge in [-0.15, -0.1) is 4.72 Å². The molecule has 1 aromatic carbocycles. The van der Waals surface area contributed by atoms with E-state index >= 15 is 0 Å². The summed E-state index contributed by atoms with van der Waals surface area (Å²) in [4.78, 5) is 0. The summed E-state index contributed by atoms with van der Waals surface area (Å²) in [6.45, 7) is 15.8. The second-order valence-electron chi connectivity index (χ2n) is 11.1. The number of halogens is 5. The Balaban J connectivity index is 2.31. The van der Waals surface area contributed by atoms with Crippen LogP contribution < -0.4 is 4.72 Å². The number of hydrogen-bond acceptors (Lipinski definition) is 3. The van der Waals surface area contributed by atoms with Gasteiger partial charge in [0.2, 0.25) is 0 Å². The minimum Gasteiger partial charge on any atom is -0.598 e. The number of hydrogen-bond donors (Lipinski definition) is 1. The lowest BCUT2D eigenvalue weighted by atomic mass is 9.75. The Bertz CT molecular complexity index is 814. The van der Waals surface area contributed by atoms with Crippen molar-refractivity contribution in [2.75, 3.05) is 0 Å². The maximum Gasteiger partial charge on any atom is 0.419 e. The molecule has 1 saturated carbocycles. The maximum atomic E-state index is 14.8. The van der Waals surface area contributed by atoms with Crippen LogP contribution in [0.5, 0.6) is 0 Å². The Labute approximate surface area is 191 Å². The molecule has 184 valence electrons. The Morgan fingerprint density at radius 2 is 1.56 bits per heavy atom. The van der Waals surface area contributed by atoms with E-state index in [-0.39, 0.29) is 28.7 Å². The van der Waals surface area contributed by atoms with Gasteiger partial charge in [0.25, 0.3) is 0 Å². The van der Waals surface area contributed by atoms with Crippen LogP contribution in [-0.4, -0.2) is 23.7 Å². The number of benzene rings is 1. The summed E-state index contributed by atoms with van der Waals surface area (Å²) >= 11 is -1.63. The molecule has 2 atom stereocenters. The fourth-order valence-electron chi connectivity index (χ4n) is 3.29. The standard InChI is InChI=1S/C22H34F5NO2SSi/c1-20(2,3)31(29)28-19(13-9-14(10-13)30-32(7,8)21(4,5)6)15-11-18(24)16(12-17(15)23)22(25,26)27/h11-14,19,28H,9-10H2,1-8H3/t13?,14?,19-,31?/m1/s1. The van der Waals surface area contributed by atoms with Gasteiger partial charge >= 0.3 is 6.18 Å². The second kappa shape index (κ2) is 9.17. The van der Waals surface area contributed by atoms with Crippen LogP contribution in [0.1, 0.15) is 71.6 Å². The third kappa shape index (κ3) is 6.25. The first-order valence-corrected chi connectivity index (χ1v) is 14.7. The van der Waals surface area contributed by atoms with Crippen molar-refractivity contribution in [2.24, 2.45) is 5.92 Å². The van der Waals surface area contributed by atoms with Crippen LogP contribution in [0.15, 0.2) is 12.1 Å². The van der Waals surface area contributed by atoms with Gasteiger partial charge in [-0.2, -0.15) is 13.2 Å². The molecule has 2 rings (SSSR count). The molecule has 0 spiro atoms. The average molecular weight is 500 g/mol. The van der Waals surface area contributed by atoms with E-state index in [2.05, 4.69) is 38.6 Å². The molecule has 1 unspecified atom stereocenters. The van der Waals surface area contributed by atoms with Crippen LogP contribution in [0.25, 0.3) is 0 Å². The minimum absolute atomic E-state index is 0.00608. The number of nitrogens with one attached hydrogen (secondary N) is 1. The highest BCUT2D eigenvalue weighted by atomic mass is 32.2. The zero-order chi connectivity index (χ0) is 24.9. The van der Waals surface area contributed by atoms with Crippen molar-refractivity contribution in [1.29, 1.82) is 0 Å². The van der Waals surface area contributed by atoms with Gasteiger partial charge in [0, 0.05) is 23.0 Å². The first-order chi connectivity index (χ1) is 14.2. The summed E-state index contributed by atoms with van der Waals surface area (Å²) in [7, 11) is -2.03. The van der Waals surface area contributed by atoms with Crippen molar-refractivity contribution < 1.29 is 30.9 Å². The smallest absolute Gasteiger partial charge is 0.419 e. The van der Waals surface area contributed by atoms with Crippen molar-refractivity contribution in [3.05, 3.63) is 34.9 Å². The summed E-state index contributed by atoms with van der Waals surface area (Å²) in [5.41, 5.74) is -1.90. The molecule has 1 aliphatic rings. The minimum atomic E-state index is -5.00. The Kier molecular flexibility index (Phi) is 7.89. The molecule has 32 heavy (non-hydrogen) atoms. The molecule has 0 saturated heterocycles. The first-order valence-electron chi connectivity index (χ1n) is 10.7. The maximum absolute atomic E-state index is 14.8. The van der Waals surface area contributed by atoms with E-state index in [1.54, 1.807) is 20.8 Å². The molecule has 0 radical (unpaired) electrons. The lowest BCUT2D eigenvalue weighted by Gasteiger charge is -2.47. The summed E-state index contributed by atoms with van der Waals surface area (Å²) in [5.74, 6) is -2.96. The monoisotopic (exact) mass is 499 g/mol. The molecule has 1 aromatic rings. The highest BCUT2D eigenvalue weighted by molar-refractivity contribution is 7.90. The molecule has 0 amide bonds. The van der Waals surface area contributed by atoms with Crippen LogP contribution in [0.2, 0.25) is 18.1 Å². The van der Waals surface area contributed by atoms with Gasteiger partial charge < -0.3 is 8.98 Å². The van der Waals surface area contributed by atoms with Gasteiger partial charge in [0.15, 0.2) is 8.32 Å². The largest absolute Gasteiger partial charge is 0.598 e. The normalized spacial score (nSPS) is 22.4. The molecule has 3 nitrogen and oxygen atoms in total. The highest BCUT2D eigenvalue weighted by Gasteiger charge is 2.46. The van der Waals surface area contributed by atoms with E-state index in [4.69, 9.17) is 4.43 Å². The molecule has 10 heteroatoms. The fourth-order valence-corrected chi connectivity index (χ4v) is 5.57. The summed E-state index contributed by atoms with van der Waals surface area (Å²) in [5, 5.41) is 0.00608. The predicted octanol–water partition coefficient (Wildman–Crippen LogP) is 6.88. The molecule has 0 aliphatic heterocycles. The van der Waals surface area contributed by atoms with Crippen molar-refractivity contribution >= 4 is 19.7 Å². The van der Waals surface area contributed by atoms with Gasteiger partial charge in [0.05, 0.1) is 11.6 Å². The van der Waals surface area contributed by atoms with Gasteiger partial charge in [0.1, 0.15) is 16.4 Å². The van der Waals surface area contributed by atoms with Crippen molar-refractivity contribution in [3.8, 4) is 0 Å². The predicted molar refractivity (Wildman–Crippen MR) is 120 cm³/mol. The molecule has 1 aliphatic carbocycles. The number of alkyl halides is 3. The SMILES string of the molecule is CC(C)(C)[S+]([O-])N[C@@H](c1cc(F)c(C(F)(F)F)cc1F)C1CC(O[Si](C)(C)C(C)(C)C)C1. The summed E-state index contributed by atoms with van der Waals surface area (Å²) in [6, 6.07) is -0.134. The Hall–Kier alpha value is -0.683. The van der Waals surface area contributed by atoms with E-state index in [1.165, 1.54) is 0 Å². The van der Waals surface area contributed by atoms with Crippen molar-refractivity contribution in [1.82, 2.24) is 4.72 Å². The third-order valence-corrected chi connectivity index (χ3v) is 12.5. The van der Waals surface area contributed by atoms with Crippen LogP contribution >= 0.6 is 0 Å². The lowest BCUT2D eigenvalue weighted by molar-refractivity contribution is -0.140. The van der Waals surface area contributed by atoms with Gasteiger partial charge in [-0.05, 0) is 69.8 Å². The molecular formula is C22H34F5NO2SSi. The molecule has 0 bridgehead atoms. The quantitative estimate of drug-likeness (QED) is 0.264. The van der Waals surface area contributed by atoms with E-state index < -0.39 is 53.8 Å². The zero-order valence-corrected chi connectivity index (χ0v) is 21.7. The second-order valence-corrected chi connectivity index (χ2v) is 17.8. The van der Waals surface area contributed by atoms with Gasteiger partial charge in [-0.3, -0.25) is 0 Å². The zero-order valence-electron chi connectivity index (χ0n) is 19.9. The topological polar surface area (TPSA) is 44.3 Å². The van der Waals surface area contributed by atoms with Crippen molar-refractivity contribution in [3.63, 3.8) is 0 Å². The summed E-state index contributed by atoms with van der Waals surface area (Å²) in [6.07, 6.45) is -4.03. The van der Waals surface area contributed by atoms with E-state index in [9.17, 15) is 26.5 Å². The Morgan fingerprint density at radius 3 is 2.00 bits per heavy atom. The number of rotatable bonds is 6. The van der Waals surface area contributed by atoms with Crippen molar-refractivity contribution in [2.45, 2.75) is 95.6 Å². The fraction of sp³-hybridized carbons (Fsp3) is 0.727. The van der Waals surface area contributed by atoms with Gasteiger partial charge in [-0.25, -0.2) is 8.78 Å². The van der Waals surface area contributed by atoms with E-state index in [0.717, 1.165) is 0 Å². The van der Waals surface area contributed by atoms with Crippen LogP contribution in [0, 0.1) is 17.6 Å². The lowest BCUT2D eigenvalue weighted by Crippen LogP contribution is -2.51. The first kappa shape index (κ1) is 27.6. The molecule has 0 aromatic heterocycles.